The average Bonchev–Trinajstić information content (AvgIpc) is 3.10. The molecule has 0 bridgehead atoms. The standard InChI is InChI=1S/C14H21ClN4O/c1-14(2,3)13-17-10(15)7-11(18-13)19(4)8-12(20)16-9-5-6-9/h7,9H,5-6,8H2,1-4H3,(H,16,20). The lowest BCUT2D eigenvalue weighted by atomic mass is 9.96. The monoisotopic (exact) mass is 296 g/mol. The molecule has 1 amide bonds. The van der Waals surface area contributed by atoms with E-state index >= 15 is 0 Å². The fraction of sp³-hybridized carbons (Fsp3) is 0.643. The van der Waals surface area contributed by atoms with Crippen LogP contribution in [-0.2, 0) is 10.2 Å². The first-order valence-corrected chi connectivity index (χ1v) is 7.19. The Hall–Kier alpha value is -1.36. The van der Waals surface area contributed by atoms with Crippen LogP contribution in [0.4, 0.5) is 5.82 Å². The molecule has 5 nitrogen and oxygen atoms in total. The Morgan fingerprint density at radius 2 is 2.10 bits per heavy atom. The van der Waals surface area contributed by atoms with Gasteiger partial charge in [0.2, 0.25) is 5.91 Å². The number of aromatic nitrogens is 2. The summed E-state index contributed by atoms with van der Waals surface area (Å²) < 4.78 is 0. The minimum absolute atomic E-state index is 0.0158. The Morgan fingerprint density at radius 1 is 1.45 bits per heavy atom. The van der Waals surface area contributed by atoms with Crippen LogP contribution >= 0.6 is 11.6 Å². The molecule has 0 spiro atoms. The first-order chi connectivity index (χ1) is 9.25. The summed E-state index contributed by atoms with van der Waals surface area (Å²) in [7, 11) is 1.83. The molecule has 0 saturated heterocycles. The van der Waals surface area contributed by atoms with Crippen molar-refractivity contribution in [2.24, 2.45) is 0 Å². The van der Waals surface area contributed by atoms with E-state index in [9.17, 15) is 4.79 Å². The molecule has 110 valence electrons. The van der Waals surface area contributed by atoms with Crippen molar-refractivity contribution < 1.29 is 4.79 Å². The third-order valence-corrected chi connectivity index (χ3v) is 3.26. The van der Waals surface area contributed by atoms with Crippen molar-refractivity contribution in [1.82, 2.24) is 15.3 Å². The van der Waals surface area contributed by atoms with Crippen molar-refractivity contribution in [1.29, 1.82) is 0 Å². The number of hydrogen-bond donors (Lipinski definition) is 1. The molecule has 20 heavy (non-hydrogen) atoms. The Labute approximate surface area is 124 Å². The van der Waals surface area contributed by atoms with E-state index in [4.69, 9.17) is 11.6 Å². The molecule has 0 unspecified atom stereocenters. The molecule has 0 aromatic carbocycles. The number of rotatable bonds is 4. The Kier molecular flexibility index (Phi) is 4.18. The molecule has 1 N–H and O–H groups in total. The number of anilines is 1. The lowest BCUT2D eigenvalue weighted by molar-refractivity contribution is -0.119. The fourth-order valence-electron chi connectivity index (χ4n) is 1.73. The summed E-state index contributed by atoms with van der Waals surface area (Å²) in [6, 6.07) is 2.05. The normalized spacial score (nSPS) is 15.1. The van der Waals surface area contributed by atoms with Gasteiger partial charge in [0.25, 0.3) is 0 Å². The van der Waals surface area contributed by atoms with Gasteiger partial charge in [0.1, 0.15) is 16.8 Å². The van der Waals surface area contributed by atoms with Gasteiger partial charge in [0.05, 0.1) is 6.54 Å². The summed E-state index contributed by atoms with van der Waals surface area (Å²) in [5.74, 6) is 1.36. The first-order valence-electron chi connectivity index (χ1n) is 6.81. The molecule has 1 heterocycles. The van der Waals surface area contributed by atoms with Gasteiger partial charge in [0.15, 0.2) is 0 Å². The second kappa shape index (κ2) is 5.56. The Balaban J connectivity index is 2.10. The Morgan fingerprint density at radius 3 is 2.65 bits per heavy atom. The van der Waals surface area contributed by atoms with Gasteiger partial charge < -0.3 is 10.2 Å². The van der Waals surface area contributed by atoms with Crippen LogP contribution in [0, 0.1) is 0 Å². The van der Waals surface area contributed by atoms with Crippen LogP contribution in [0.2, 0.25) is 5.15 Å². The van der Waals surface area contributed by atoms with Crippen LogP contribution in [0.15, 0.2) is 6.07 Å². The number of carbonyl (C=O) groups excluding carboxylic acids is 1. The molecule has 1 aromatic heterocycles. The SMILES string of the molecule is CN(CC(=O)NC1CC1)c1cc(Cl)nc(C(C)(C)C)n1. The molecule has 0 radical (unpaired) electrons. The maximum Gasteiger partial charge on any atom is 0.239 e. The molecule has 1 fully saturated rings. The quantitative estimate of drug-likeness (QED) is 0.865. The zero-order valence-corrected chi connectivity index (χ0v) is 13.2. The van der Waals surface area contributed by atoms with E-state index in [0.29, 0.717) is 22.8 Å². The fourth-order valence-corrected chi connectivity index (χ4v) is 1.91. The van der Waals surface area contributed by atoms with Crippen LogP contribution in [-0.4, -0.2) is 35.5 Å². The topological polar surface area (TPSA) is 58.1 Å². The number of nitrogens with zero attached hydrogens (tertiary/aromatic N) is 3. The lowest BCUT2D eigenvalue weighted by Gasteiger charge is -2.22. The van der Waals surface area contributed by atoms with E-state index in [1.165, 1.54) is 0 Å². The van der Waals surface area contributed by atoms with E-state index in [1.807, 2.05) is 27.8 Å². The van der Waals surface area contributed by atoms with Gasteiger partial charge in [-0.1, -0.05) is 32.4 Å². The number of amides is 1. The molecule has 0 aliphatic heterocycles. The molecular weight excluding hydrogens is 276 g/mol. The Bertz CT molecular complexity index is 508. The second-order valence-corrected chi connectivity index (χ2v) is 6.71. The summed E-state index contributed by atoms with van der Waals surface area (Å²) >= 11 is 6.05. The van der Waals surface area contributed by atoms with Crippen LogP contribution in [0.25, 0.3) is 0 Å². The van der Waals surface area contributed by atoms with E-state index < -0.39 is 0 Å². The number of nitrogens with one attached hydrogen (secondary N) is 1. The van der Waals surface area contributed by atoms with Gasteiger partial charge in [0, 0.05) is 24.6 Å². The molecule has 6 heteroatoms. The molecule has 0 atom stereocenters. The van der Waals surface area contributed by atoms with Crippen molar-refractivity contribution in [2.45, 2.75) is 45.1 Å². The van der Waals surface area contributed by atoms with Crippen LogP contribution < -0.4 is 10.2 Å². The van der Waals surface area contributed by atoms with Gasteiger partial charge in [-0.3, -0.25) is 4.79 Å². The van der Waals surface area contributed by atoms with Gasteiger partial charge >= 0.3 is 0 Å². The van der Waals surface area contributed by atoms with Gasteiger partial charge in [-0.25, -0.2) is 9.97 Å². The van der Waals surface area contributed by atoms with Gasteiger partial charge in [-0.2, -0.15) is 0 Å². The van der Waals surface area contributed by atoms with Crippen molar-refractivity contribution in [3.05, 3.63) is 17.0 Å². The minimum Gasteiger partial charge on any atom is -0.352 e. The third-order valence-electron chi connectivity index (χ3n) is 3.07. The number of carbonyl (C=O) groups is 1. The molecule has 1 aliphatic carbocycles. The molecule has 2 rings (SSSR count). The predicted molar refractivity (Wildman–Crippen MR) is 80.2 cm³/mol. The molecule has 1 saturated carbocycles. The average molecular weight is 297 g/mol. The maximum atomic E-state index is 11.8. The van der Waals surface area contributed by atoms with Crippen molar-refractivity contribution in [3.63, 3.8) is 0 Å². The predicted octanol–water partition coefficient (Wildman–Crippen LogP) is 2.14. The third kappa shape index (κ3) is 4.07. The maximum absolute atomic E-state index is 11.8. The zero-order valence-electron chi connectivity index (χ0n) is 12.4. The highest BCUT2D eigenvalue weighted by molar-refractivity contribution is 6.29. The summed E-state index contributed by atoms with van der Waals surface area (Å²) in [6.45, 7) is 6.36. The number of halogens is 1. The van der Waals surface area contributed by atoms with Gasteiger partial charge in [-0.15, -0.1) is 0 Å². The van der Waals surface area contributed by atoms with E-state index in [-0.39, 0.29) is 17.9 Å². The van der Waals surface area contributed by atoms with Gasteiger partial charge in [-0.05, 0) is 12.8 Å². The first kappa shape index (κ1) is 15.0. The highest BCUT2D eigenvalue weighted by Crippen LogP contribution is 2.23. The van der Waals surface area contributed by atoms with E-state index in [0.717, 1.165) is 12.8 Å². The molecular formula is C14H21ClN4O. The highest BCUT2D eigenvalue weighted by Gasteiger charge is 2.24. The van der Waals surface area contributed by atoms with E-state index in [1.54, 1.807) is 11.0 Å². The van der Waals surface area contributed by atoms with Crippen LogP contribution in [0.5, 0.6) is 0 Å². The smallest absolute Gasteiger partial charge is 0.239 e. The summed E-state index contributed by atoms with van der Waals surface area (Å²) in [6.07, 6.45) is 2.17. The second-order valence-electron chi connectivity index (χ2n) is 6.32. The highest BCUT2D eigenvalue weighted by atomic mass is 35.5. The van der Waals surface area contributed by atoms with Crippen LogP contribution in [0.3, 0.4) is 0 Å². The largest absolute Gasteiger partial charge is 0.352 e. The van der Waals surface area contributed by atoms with Crippen LogP contribution in [0.1, 0.15) is 39.4 Å². The van der Waals surface area contributed by atoms with Crippen molar-refractivity contribution in [2.75, 3.05) is 18.5 Å². The lowest BCUT2D eigenvalue weighted by Crippen LogP contribution is -2.36. The summed E-state index contributed by atoms with van der Waals surface area (Å²) in [5.41, 5.74) is -0.184. The summed E-state index contributed by atoms with van der Waals surface area (Å²) in [4.78, 5) is 22.4. The molecule has 1 aliphatic rings. The van der Waals surface area contributed by atoms with E-state index in [2.05, 4.69) is 15.3 Å². The number of hydrogen-bond acceptors (Lipinski definition) is 4. The summed E-state index contributed by atoms with van der Waals surface area (Å²) in [5, 5.41) is 3.35. The van der Waals surface area contributed by atoms with Crippen molar-refractivity contribution in [3.8, 4) is 0 Å². The minimum atomic E-state index is -0.184. The zero-order chi connectivity index (χ0) is 14.9. The number of likely N-dealkylation sites (N-methyl/N-ethyl adjacent to an activating group) is 1. The molecule has 1 aromatic rings. The van der Waals surface area contributed by atoms with Crippen molar-refractivity contribution >= 4 is 23.3 Å².